The third kappa shape index (κ3) is 3.20. The Morgan fingerprint density at radius 3 is 2.43 bits per heavy atom. The molecule has 1 nitrogen and oxygen atoms in total. The summed E-state index contributed by atoms with van der Waals surface area (Å²) < 4.78 is 1.41. The fraction of sp³-hybridized carbons (Fsp3) is 0.750. The molecule has 0 radical (unpaired) electrons. The van der Waals surface area contributed by atoms with Crippen LogP contribution in [0.3, 0.4) is 0 Å². The summed E-state index contributed by atoms with van der Waals surface area (Å²) in [7, 11) is 0. The summed E-state index contributed by atoms with van der Waals surface area (Å²) in [6.45, 7) is 1.10. The Balaban J connectivity index is 0.000000360. The fourth-order valence-corrected chi connectivity index (χ4v) is 1.36. The standard InChI is InChI=1S/C4H6N.U.W/c1-2-4-5-3-1;;/h1-3H2;;/q-1;;. The van der Waals surface area contributed by atoms with Crippen LogP contribution in [-0.4, -0.2) is 10.6 Å². The first kappa shape index (κ1) is 8.57. The van der Waals surface area contributed by atoms with E-state index in [4.69, 9.17) is 0 Å². The molecule has 1 saturated heterocycles. The summed E-state index contributed by atoms with van der Waals surface area (Å²) in [5.74, 6) is 0. The zero-order valence-electron chi connectivity index (χ0n) is 3.98. The maximum absolute atomic E-state index is 4.19. The van der Waals surface area contributed by atoms with Gasteiger partial charge in [-0.1, -0.05) is 0 Å². The third-order valence-corrected chi connectivity index (χ3v) is 2.03. The molecule has 0 amide bonds. The van der Waals surface area contributed by atoms with Crippen molar-refractivity contribution in [1.29, 1.82) is 0 Å². The van der Waals surface area contributed by atoms with E-state index in [0.29, 0.717) is 0 Å². The van der Waals surface area contributed by atoms with E-state index in [1.165, 1.54) is 16.9 Å². The zero-order chi connectivity index (χ0) is 4.41. The van der Waals surface area contributed by atoms with Crippen LogP contribution in [0.1, 0.15) is 12.8 Å². The molecule has 0 saturated carbocycles. The van der Waals surface area contributed by atoms with Crippen molar-refractivity contribution in [3.05, 3.63) is 5.32 Å². The van der Waals surface area contributed by atoms with E-state index in [1.807, 2.05) is 0 Å². The van der Waals surface area contributed by atoms with Crippen LogP contribution in [0.25, 0.3) is 5.32 Å². The van der Waals surface area contributed by atoms with E-state index in [2.05, 4.69) is 5.32 Å². The molecule has 38 valence electrons. The second-order valence-corrected chi connectivity index (χ2v) is 3.07. The molecule has 0 atom stereocenters. The van der Waals surface area contributed by atoms with Gasteiger partial charge in [-0.25, -0.2) is 0 Å². The molecular formula is C4H6NUW-. The maximum atomic E-state index is 4.19. The van der Waals surface area contributed by atoms with Crippen LogP contribution < -0.4 is 0 Å². The van der Waals surface area contributed by atoms with Crippen molar-refractivity contribution in [1.82, 2.24) is 0 Å². The molecule has 0 aromatic heterocycles. The van der Waals surface area contributed by atoms with Gasteiger partial charge in [0.1, 0.15) is 0 Å². The molecule has 0 bridgehead atoms. The van der Waals surface area contributed by atoms with Crippen LogP contribution in [0.2, 0.25) is 0 Å². The predicted octanol–water partition coefficient (Wildman–Crippen LogP) is 0.831. The molecule has 0 aromatic rings. The molecular weight excluding hydrogens is 484 g/mol. The van der Waals surface area contributed by atoms with Crippen molar-refractivity contribution < 1.29 is 50.5 Å². The fourth-order valence-electron chi connectivity index (χ4n) is 0.513. The first-order valence-electron chi connectivity index (χ1n) is 2.10. The minimum absolute atomic E-state index is 0. The monoisotopic (exact) mass is 490 g/mol. The number of nitrogens with zero attached hydrogens (tertiary/aromatic N) is 1. The van der Waals surface area contributed by atoms with Crippen LogP contribution in [-0.2, 0) is 19.4 Å². The Bertz CT molecular complexity index is 66.1. The van der Waals surface area contributed by atoms with Crippen molar-refractivity contribution >= 4 is 4.02 Å². The van der Waals surface area contributed by atoms with E-state index < -0.39 is 0 Å². The molecule has 0 N–H and O–H groups in total. The molecule has 0 spiro atoms. The van der Waals surface area contributed by atoms with E-state index in [0.717, 1.165) is 6.54 Å². The van der Waals surface area contributed by atoms with Gasteiger partial charge in [0.05, 0.1) is 0 Å². The molecule has 0 unspecified atom stereocenters. The van der Waals surface area contributed by atoms with Crippen molar-refractivity contribution in [2.45, 2.75) is 12.8 Å². The van der Waals surface area contributed by atoms with Gasteiger partial charge in [-0.15, -0.1) is 0 Å². The molecule has 1 aliphatic heterocycles. The number of hydrogen-bond donors (Lipinski definition) is 0. The van der Waals surface area contributed by atoms with Crippen molar-refractivity contribution in [2.24, 2.45) is 0 Å². The topological polar surface area (TPSA) is 14.1 Å². The molecule has 0 aliphatic carbocycles. The summed E-state index contributed by atoms with van der Waals surface area (Å²) >= 11 is 1.56. The average molecular weight is 490 g/mol. The van der Waals surface area contributed by atoms with Gasteiger partial charge in [0.15, 0.2) is 0 Å². The van der Waals surface area contributed by atoms with Gasteiger partial charge in [-0.2, -0.15) is 0 Å². The van der Waals surface area contributed by atoms with E-state index in [-0.39, 0.29) is 31.1 Å². The minimum atomic E-state index is 0. The van der Waals surface area contributed by atoms with Crippen LogP contribution >= 0.6 is 0 Å². The second kappa shape index (κ2) is 4.45. The van der Waals surface area contributed by atoms with Crippen molar-refractivity contribution in [3.8, 4) is 0 Å². The second-order valence-electron chi connectivity index (χ2n) is 1.38. The molecule has 1 aliphatic rings. The Morgan fingerprint density at radius 1 is 1.57 bits per heavy atom. The van der Waals surface area contributed by atoms with Crippen LogP contribution in [0.5, 0.6) is 0 Å². The Morgan fingerprint density at radius 2 is 2.29 bits per heavy atom. The molecule has 1 heterocycles. The molecule has 3 heteroatoms. The molecule has 1 fully saturated rings. The van der Waals surface area contributed by atoms with E-state index in [1.54, 1.807) is 19.4 Å². The van der Waals surface area contributed by atoms with Gasteiger partial charge >= 0.3 is 48.1 Å². The van der Waals surface area contributed by atoms with Gasteiger partial charge in [0, 0.05) is 31.1 Å². The zero-order valence-corrected chi connectivity index (χ0v) is 11.1. The quantitative estimate of drug-likeness (QED) is 0.479. The normalized spacial score (nSPS) is 19.1. The SMILES string of the molecule is [U].[W]=[C]1CCC[N-]1. The summed E-state index contributed by atoms with van der Waals surface area (Å²) in [5.41, 5.74) is 0. The van der Waals surface area contributed by atoms with Gasteiger partial charge in [-0.3, -0.25) is 0 Å². The predicted molar refractivity (Wildman–Crippen MR) is 22.5 cm³/mol. The van der Waals surface area contributed by atoms with Crippen LogP contribution in [0.4, 0.5) is 0 Å². The van der Waals surface area contributed by atoms with E-state index in [9.17, 15) is 0 Å². The summed E-state index contributed by atoms with van der Waals surface area (Å²) in [6, 6.07) is 0. The van der Waals surface area contributed by atoms with Gasteiger partial charge in [0.25, 0.3) is 0 Å². The molecule has 7 heavy (non-hydrogen) atoms. The van der Waals surface area contributed by atoms with Crippen molar-refractivity contribution in [3.63, 3.8) is 0 Å². The number of rotatable bonds is 0. The van der Waals surface area contributed by atoms with E-state index >= 15 is 0 Å². The molecule has 1 rings (SSSR count). The first-order chi connectivity index (χ1) is 2.89. The van der Waals surface area contributed by atoms with Gasteiger partial charge in [0.2, 0.25) is 0 Å². The van der Waals surface area contributed by atoms with Gasteiger partial charge in [-0.05, 0) is 0 Å². The molecule has 0 aromatic carbocycles. The van der Waals surface area contributed by atoms with Crippen molar-refractivity contribution in [2.75, 3.05) is 6.54 Å². The summed E-state index contributed by atoms with van der Waals surface area (Å²) in [6.07, 6.45) is 2.58. The summed E-state index contributed by atoms with van der Waals surface area (Å²) in [4.78, 5) is 0. The van der Waals surface area contributed by atoms with Crippen LogP contribution in [0, 0.1) is 31.1 Å². The Labute approximate surface area is 78.4 Å². The number of hydrogen-bond acceptors (Lipinski definition) is 0. The van der Waals surface area contributed by atoms with Gasteiger partial charge < -0.3 is 0 Å². The third-order valence-electron chi connectivity index (χ3n) is 0.837. The van der Waals surface area contributed by atoms with Crippen LogP contribution in [0.15, 0.2) is 0 Å². The summed E-state index contributed by atoms with van der Waals surface area (Å²) in [5, 5.41) is 4.19. The Hall–Kier alpha value is 1.57. The first-order valence-corrected chi connectivity index (χ1v) is 3.56. The Kier molecular flexibility index (Phi) is 5.45. The average Bonchev–Trinajstić information content (AvgIpc) is 1.86.